The van der Waals surface area contributed by atoms with Crippen LogP contribution in [0.4, 0.5) is 4.79 Å². The highest BCUT2D eigenvalue weighted by Crippen LogP contribution is 2.56. The van der Waals surface area contributed by atoms with Gasteiger partial charge >= 0.3 is 6.03 Å². The van der Waals surface area contributed by atoms with Crippen LogP contribution in [0.5, 0.6) is 5.75 Å². The fourth-order valence-electron chi connectivity index (χ4n) is 4.65. The lowest BCUT2D eigenvalue weighted by atomic mass is 9.94. The molecule has 0 unspecified atom stereocenters. The van der Waals surface area contributed by atoms with Crippen molar-refractivity contribution in [2.45, 2.75) is 37.3 Å². The van der Waals surface area contributed by atoms with E-state index in [9.17, 15) is 4.79 Å². The molecule has 2 N–H and O–H groups in total. The van der Waals surface area contributed by atoms with Crippen molar-refractivity contribution in [1.82, 2.24) is 10.6 Å². The van der Waals surface area contributed by atoms with E-state index in [-0.39, 0.29) is 24.0 Å². The van der Waals surface area contributed by atoms with Crippen molar-refractivity contribution < 1.29 is 9.53 Å². The number of urea groups is 1. The van der Waals surface area contributed by atoms with E-state index in [1.54, 1.807) is 0 Å². The average Bonchev–Trinajstić information content (AvgIpc) is 3.00. The first-order valence-electron chi connectivity index (χ1n) is 9.09. The molecule has 0 bridgehead atoms. The van der Waals surface area contributed by atoms with Crippen LogP contribution in [0.2, 0.25) is 0 Å². The predicted molar refractivity (Wildman–Crippen MR) is 96.0 cm³/mol. The van der Waals surface area contributed by atoms with Crippen LogP contribution in [-0.4, -0.2) is 24.7 Å². The third kappa shape index (κ3) is 2.39. The molecule has 1 saturated carbocycles. The fourth-order valence-corrected chi connectivity index (χ4v) is 4.65. The highest BCUT2D eigenvalue weighted by atomic mass is 16.5. The second kappa shape index (κ2) is 5.51. The predicted octanol–water partition coefficient (Wildman–Crippen LogP) is 3.19. The van der Waals surface area contributed by atoms with E-state index in [0.29, 0.717) is 18.4 Å². The monoisotopic (exact) mass is 334 g/mol. The summed E-state index contributed by atoms with van der Waals surface area (Å²) in [5, 5.41) is 6.30. The Morgan fingerprint density at radius 1 is 1.12 bits per heavy atom. The standard InChI is InChI=1S/C21H22N2O2/c1-12(17-11-25-18-9-5-4-8-15(17)18)22-21(24)23-20-16-10-13-6-2-3-7-14(13)19(16)20/h2-9,12,16-17,19-20H,10-11H2,1H3,(H2,22,23,24)/t12-,16+,17+,19+,20+/m0/s1. The van der Waals surface area contributed by atoms with Gasteiger partial charge in [0.2, 0.25) is 0 Å². The van der Waals surface area contributed by atoms with Gasteiger partial charge in [0.15, 0.2) is 0 Å². The van der Waals surface area contributed by atoms with Crippen LogP contribution in [0.1, 0.15) is 35.4 Å². The van der Waals surface area contributed by atoms with Gasteiger partial charge in [0, 0.05) is 29.5 Å². The lowest BCUT2D eigenvalue weighted by molar-refractivity contribution is 0.232. The molecule has 3 aliphatic rings. The van der Waals surface area contributed by atoms with Gasteiger partial charge in [-0.15, -0.1) is 0 Å². The highest BCUT2D eigenvalue weighted by Gasteiger charge is 2.56. The molecule has 0 spiro atoms. The van der Waals surface area contributed by atoms with Gasteiger partial charge in [0.25, 0.3) is 0 Å². The van der Waals surface area contributed by atoms with Crippen molar-refractivity contribution in [3.8, 4) is 5.75 Å². The highest BCUT2D eigenvalue weighted by molar-refractivity contribution is 5.76. The maximum absolute atomic E-state index is 12.5. The fraction of sp³-hybridized carbons (Fsp3) is 0.381. The van der Waals surface area contributed by atoms with Crippen molar-refractivity contribution in [2.24, 2.45) is 5.92 Å². The summed E-state index contributed by atoms with van der Waals surface area (Å²) in [6, 6.07) is 16.9. The molecule has 25 heavy (non-hydrogen) atoms. The Hall–Kier alpha value is -2.49. The van der Waals surface area contributed by atoms with E-state index < -0.39 is 0 Å². The molecule has 0 saturated heterocycles. The molecule has 2 amide bonds. The molecule has 1 aliphatic heterocycles. The molecular weight excluding hydrogens is 312 g/mol. The van der Waals surface area contributed by atoms with Gasteiger partial charge in [-0.1, -0.05) is 42.5 Å². The first-order chi connectivity index (χ1) is 12.2. The number of carbonyl (C=O) groups is 1. The largest absolute Gasteiger partial charge is 0.493 e. The second-order valence-corrected chi connectivity index (χ2v) is 7.48. The Bertz CT molecular complexity index is 834. The molecule has 2 aromatic rings. The molecule has 5 rings (SSSR count). The van der Waals surface area contributed by atoms with Crippen molar-refractivity contribution in [2.75, 3.05) is 6.61 Å². The third-order valence-electron chi connectivity index (χ3n) is 6.04. The number of nitrogens with one attached hydrogen (secondary N) is 2. The van der Waals surface area contributed by atoms with Crippen LogP contribution < -0.4 is 15.4 Å². The summed E-state index contributed by atoms with van der Waals surface area (Å²) >= 11 is 0. The summed E-state index contributed by atoms with van der Waals surface area (Å²) in [5.74, 6) is 2.23. The van der Waals surface area contributed by atoms with Crippen LogP contribution in [-0.2, 0) is 6.42 Å². The lowest BCUT2D eigenvalue weighted by Crippen LogP contribution is -2.45. The molecule has 0 radical (unpaired) electrons. The quantitative estimate of drug-likeness (QED) is 0.906. The SMILES string of the molecule is C[C@H](NC(=O)N[C@@H]1[C@@H]2Cc3ccccc3[C@H]21)[C@H]1COc2ccccc21. The molecule has 4 heteroatoms. The Balaban J connectivity index is 1.20. The zero-order chi connectivity index (χ0) is 17.0. The minimum absolute atomic E-state index is 0.0366. The lowest BCUT2D eigenvalue weighted by Gasteiger charge is -2.20. The smallest absolute Gasteiger partial charge is 0.315 e. The summed E-state index contributed by atoms with van der Waals surface area (Å²) in [6.45, 7) is 2.68. The van der Waals surface area contributed by atoms with Crippen LogP contribution in [0, 0.1) is 5.92 Å². The van der Waals surface area contributed by atoms with E-state index in [0.717, 1.165) is 12.2 Å². The maximum atomic E-state index is 12.5. The number of carbonyl (C=O) groups excluding carboxylic acids is 1. The number of ether oxygens (including phenoxy) is 1. The Morgan fingerprint density at radius 2 is 1.88 bits per heavy atom. The van der Waals surface area contributed by atoms with Gasteiger partial charge in [0.05, 0.1) is 6.61 Å². The molecule has 5 atom stereocenters. The number of hydrogen-bond acceptors (Lipinski definition) is 2. The molecule has 1 fully saturated rings. The Morgan fingerprint density at radius 3 is 2.76 bits per heavy atom. The van der Waals surface area contributed by atoms with Gasteiger partial charge in [-0.25, -0.2) is 4.79 Å². The maximum Gasteiger partial charge on any atom is 0.315 e. The van der Waals surface area contributed by atoms with Gasteiger partial charge < -0.3 is 15.4 Å². The van der Waals surface area contributed by atoms with Crippen LogP contribution in [0.25, 0.3) is 0 Å². The Kier molecular flexibility index (Phi) is 3.27. The molecule has 2 aliphatic carbocycles. The number of fused-ring (bicyclic) bond motifs is 4. The van der Waals surface area contributed by atoms with Gasteiger partial charge in [-0.05, 0) is 36.5 Å². The number of rotatable bonds is 3. The minimum Gasteiger partial charge on any atom is -0.493 e. The van der Waals surface area contributed by atoms with Crippen LogP contribution in [0.15, 0.2) is 48.5 Å². The summed E-state index contributed by atoms with van der Waals surface area (Å²) in [7, 11) is 0. The summed E-state index contributed by atoms with van der Waals surface area (Å²) < 4.78 is 5.74. The molecule has 2 aromatic carbocycles. The van der Waals surface area contributed by atoms with E-state index >= 15 is 0 Å². The van der Waals surface area contributed by atoms with Crippen LogP contribution in [0.3, 0.4) is 0 Å². The first kappa shape index (κ1) is 14.8. The number of hydrogen-bond donors (Lipinski definition) is 2. The number of amides is 2. The molecular formula is C21H22N2O2. The molecule has 4 nitrogen and oxygen atoms in total. The second-order valence-electron chi connectivity index (χ2n) is 7.48. The van der Waals surface area contributed by atoms with E-state index in [1.165, 1.54) is 16.7 Å². The van der Waals surface area contributed by atoms with E-state index in [4.69, 9.17) is 4.74 Å². The van der Waals surface area contributed by atoms with Crippen molar-refractivity contribution >= 4 is 6.03 Å². The normalized spacial score (nSPS) is 29.0. The van der Waals surface area contributed by atoms with E-state index in [1.807, 2.05) is 18.2 Å². The van der Waals surface area contributed by atoms with Gasteiger partial charge in [-0.2, -0.15) is 0 Å². The summed E-state index contributed by atoms with van der Waals surface area (Å²) in [4.78, 5) is 12.5. The average molecular weight is 334 g/mol. The van der Waals surface area contributed by atoms with Gasteiger partial charge in [-0.3, -0.25) is 0 Å². The summed E-state index contributed by atoms with van der Waals surface area (Å²) in [5.41, 5.74) is 4.06. The van der Waals surface area contributed by atoms with E-state index in [2.05, 4.69) is 47.9 Å². The zero-order valence-corrected chi connectivity index (χ0v) is 14.2. The minimum atomic E-state index is -0.0613. The molecule has 0 aromatic heterocycles. The van der Waals surface area contributed by atoms with Crippen molar-refractivity contribution in [3.63, 3.8) is 0 Å². The first-order valence-corrected chi connectivity index (χ1v) is 9.09. The van der Waals surface area contributed by atoms with Crippen LogP contribution >= 0.6 is 0 Å². The number of para-hydroxylation sites is 1. The van der Waals surface area contributed by atoms with Gasteiger partial charge in [0.1, 0.15) is 5.75 Å². The third-order valence-corrected chi connectivity index (χ3v) is 6.04. The Labute approximate surface area is 147 Å². The number of benzene rings is 2. The topological polar surface area (TPSA) is 50.4 Å². The van der Waals surface area contributed by atoms with Crippen molar-refractivity contribution in [1.29, 1.82) is 0 Å². The molecule has 128 valence electrons. The molecule has 1 heterocycles. The summed E-state index contributed by atoms with van der Waals surface area (Å²) in [6.07, 6.45) is 1.09. The zero-order valence-electron chi connectivity index (χ0n) is 14.2. The van der Waals surface area contributed by atoms with Crippen molar-refractivity contribution in [3.05, 3.63) is 65.2 Å².